The maximum Gasteiger partial charge on any atom is 0.200 e. The van der Waals surface area contributed by atoms with Crippen molar-refractivity contribution in [1.82, 2.24) is 0 Å². The molecule has 0 aliphatic carbocycles. The van der Waals surface area contributed by atoms with Crippen LogP contribution in [0.1, 0.15) is 29.3 Å². The van der Waals surface area contributed by atoms with E-state index in [9.17, 15) is 15.0 Å². The van der Waals surface area contributed by atoms with Gasteiger partial charge in [-0.1, -0.05) is 19.1 Å². The van der Waals surface area contributed by atoms with Crippen molar-refractivity contribution in [3.63, 3.8) is 0 Å². The van der Waals surface area contributed by atoms with E-state index < -0.39 is 5.78 Å². The Morgan fingerprint density at radius 2 is 1.70 bits per heavy atom. The number of ketones is 1. The van der Waals surface area contributed by atoms with Crippen LogP contribution in [-0.2, 0) is 0 Å². The van der Waals surface area contributed by atoms with Gasteiger partial charge in [-0.05, 0) is 30.7 Å². The average Bonchev–Trinajstić information content (AvgIpc) is 2.54. The Balaban J connectivity index is 2.32. The number of benzene rings is 2. The fourth-order valence-corrected chi connectivity index (χ4v) is 2.48. The number of aliphatic hydroxyl groups is 1. The van der Waals surface area contributed by atoms with Crippen molar-refractivity contribution >= 4 is 11.5 Å². The van der Waals surface area contributed by atoms with Gasteiger partial charge in [-0.15, -0.1) is 0 Å². The minimum absolute atomic E-state index is 0.0132. The molecule has 122 valence electrons. The summed E-state index contributed by atoms with van der Waals surface area (Å²) in [6.45, 7) is 3.24. The summed E-state index contributed by atoms with van der Waals surface area (Å²) in [6, 6.07) is 11.0. The van der Waals surface area contributed by atoms with Crippen molar-refractivity contribution in [2.45, 2.75) is 13.3 Å². The fraction of sp³-hybridized carbons (Fsp3) is 0.278. The second-order valence-electron chi connectivity index (χ2n) is 5.26. The van der Waals surface area contributed by atoms with Crippen LogP contribution in [0, 0.1) is 0 Å². The first-order valence-corrected chi connectivity index (χ1v) is 7.60. The molecule has 2 aromatic carbocycles. The van der Waals surface area contributed by atoms with E-state index in [-0.39, 0.29) is 29.2 Å². The van der Waals surface area contributed by atoms with E-state index in [4.69, 9.17) is 5.11 Å². The van der Waals surface area contributed by atoms with Crippen LogP contribution in [0.5, 0.6) is 11.5 Å². The van der Waals surface area contributed by atoms with Gasteiger partial charge in [0.05, 0.1) is 17.7 Å². The minimum atomic E-state index is -0.434. The van der Waals surface area contributed by atoms with Crippen LogP contribution in [0.2, 0.25) is 0 Å². The van der Waals surface area contributed by atoms with Crippen molar-refractivity contribution in [2.75, 3.05) is 24.6 Å². The fourth-order valence-electron chi connectivity index (χ4n) is 2.48. The molecule has 0 amide bonds. The van der Waals surface area contributed by atoms with E-state index in [0.29, 0.717) is 6.54 Å². The minimum Gasteiger partial charge on any atom is -0.507 e. The Bertz CT molecular complexity index is 678. The number of carbonyl (C=O) groups excluding carboxylic acids is 1. The second kappa shape index (κ2) is 7.65. The van der Waals surface area contributed by atoms with Gasteiger partial charge in [0.1, 0.15) is 11.5 Å². The number of para-hydroxylation sites is 1. The van der Waals surface area contributed by atoms with Crippen LogP contribution in [0.4, 0.5) is 5.69 Å². The van der Waals surface area contributed by atoms with Gasteiger partial charge in [-0.2, -0.15) is 0 Å². The molecule has 0 saturated heterocycles. The van der Waals surface area contributed by atoms with Crippen LogP contribution >= 0.6 is 0 Å². The van der Waals surface area contributed by atoms with Crippen LogP contribution < -0.4 is 4.90 Å². The van der Waals surface area contributed by atoms with Crippen molar-refractivity contribution in [3.8, 4) is 11.5 Å². The number of nitrogens with zero attached hydrogens (tertiary/aromatic N) is 1. The van der Waals surface area contributed by atoms with Crippen LogP contribution in [0.15, 0.2) is 42.5 Å². The number of rotatable bonds is 7. The third-order valence-electron chi connectivity index (χ3n) is 3.60. The zero-order valence-corrected chi connectivity index (χ0v) is 13.1. The van der Waals surface area contributed by atoms with Gasteiger partial charge in [0.25, 0.3) is 0 Å². The molecular formula is C18H21NO4. The summed E-state index contributed by atoms with van der Waals surface area (Å²) >= 11 is 0. The lowest BCUT2D eigenvalue weighted by Crippen LogP contribution is -2.27. The van der Waals surface area contributed by atoms with Gasteiger partial charge < -0.3 is 20.2 Å². The lowest BCUT2D eigenvalue weighted by molar-refractivity contribution is 0.103. The number of aromatic hydroxyl groups is 2. The molecule has 0 saturated carbocycles. The number of phenols is 2. The molecule has 0 aliphatic rings. The molecule has 3 N–H and O–H groups in total. The second-order valence-corrected chi connectivity index (χ2v) is 5.26. The summed E-state index contributed by atoms with van der Waals surface area (Å²) in [5.41, 5.74) is 1.03. The summed E-state index contributed by atoms with van der Waals surface area (Å²) in [7, 11) is 0. The number of aliphatic hydroxyl groups excluding tert-OH is 1. The van der Waals surface area contributed by atoms with Gasteiger partial charge in [-0.25, -0.2) is 0 Å². The average molecular weight is 315 g/mol. The van der Waals surface area contributed by atoms with Crippen molar-refractivity contribution in [1.29, 1.82) is 0 Å². The smallest absolute Gasteiger partial charge is 0.200 e. The van der Waals surface area contributed by atoms with Gasteiger partial charge in [0, 0.05) is 24.8 Å². The summed E-state index contributed by atoms with van der Waals surface area (Å²) < 4.78 is 0. The first kappa shape index (κ1) is 16.8. The van der Waals surface area contributed by atoms with Crippen LogP contribution in [0.25, 0.3) is 0 Å². The molecule has 0 aliphatic heterocycles. The van der Waals surface area contributed by atoms with E-state index in [1.807, 2.05) is 11.8 Å². The lowest BCUT2D eigenvalue weighted by atomic mass is 10.0. The van der Waals surface area contributed by atoms with Crippen molar-refractivity contribution in [2.24, 2.45) is 0 Å². The van der Waals surface area contributed by atoms with E-state index in [0.717, 1.165) is 18.7 Å². The maximum atomic E-state index is 12.4. The quantitative estimate of drug-likeness (QED) is 0.684. The number of hydrogen-bond donors (Lipinski definition) is 3. The van der Waals surface area contributed by atoms with E-state index in [1.54, 1.807) is 24.3 Å². The third-order valence-corrected chi connectivity index (χ3v) is 3.60. The first-order valence-electron chi connectivity index (χ1n) is 7.60. The molecule has 0 heterocycles. The number of carbonyl (C=O) groups is 1. The molecule has 23 heavy (non-hydrogen) atoms. The summed E-state index contributed by atoms with van der Waals surface area (Å²) in [4.78, 5) is 14.4. The number of hydrogen-bond acceptors (Lipinski definition) is 5. The Morgan fingerprint density at radius 3 is 2.30 bits per heavy atom. The van der Waals surface area contributed by atoms with E-state index in [2.05, 4.69) is 0 Å². The molecule has 0 unspecified atom stereocenters. The Hall–Kier alpha value is -2.53. The molecule has 5 nitrogen and oxygen atoms in total. The van der Waals surface area contributed by atoms with Gasteiger partial charge >= 0.3 is 0 Å². The molecule has 5 heteroatoms. The molecule has 0 bridgehead atoms. The molecule has 0 radical (unpaired) electrons. The predicted octanol–water partition coefficient (Wildman–Crippen LogP) is 2.54. The topological polar surface area (TPSA) is 81.0 Å². The summed E-state index contributed by atoms with van der Waals surface area (Å²) in [5.74, 6) is -0.694. The highest BCUT2D eigenvalue weighted by Crippen LogP contribution is 2.29. The van der Waals surface area contributed by atoms with E-state index >= 15 is 0 Å². The molecule has 2 rings (SSSR count). The first-order chi connectivity index (χ1) is 11.1. The molecule has 2 aromatic rings. The number of anilines is 1. The Morgan fingerprint density at radius 1 is 1.00 bits per heavy atom. The summed E-state index contributed by atoms with van der Waals surface area (Å²) in [6.07, 6.45) is 0.902. The molecule has 0 atom stereocenters. The molecular weight excluding hydrogens is 294 g/mol. The number of phenolic OH excluding ortho intramolecular Hbond substituents is 2. The third kappa shape index (κ3) is 3.81. The zero-order chi connectivity index (χ0) is 16.8. The summed E-state index contributed by atoms with van der Waals surface area (Å²) in [5, 5.41) is 29.1. The highest BCUT2D eigenvalue weighted by atomic mass is 16.3. The largest absolute Gasteiger partial charge is 0.507 e. The van der Waals surface area contributed by atoms with Crippen molar-refractivity contribution < 1.29 is 20.1 Å². The van der Waals surface area contributed by atoms with E-state index in [1.165, 1.54) is 18.2 Å². The highest BCUT2D eigenvalue weighted by molar-refractivity contribution is 6.12. The predicted molar refractivity (Wildman–Crippen MR) is 89.2 cm³/mol. The standard InChI is InChI=1S/C18H21NO4/c1-2-9-19(10-11-20)13-7-8-15(17(22)12-13)18(23)14-5-3-4-6-16(14)21/h3-8,12,20-22H,2,9-11H2,1H3. The van der Waals surface area contributed by atoms with Crippen LogP contribution in [0.3, 0.4) is 0 Å². The zero-order valence-electron chi connectivity index (χ0n) is 13.1. The monoisotopic (exact) mass is 315 g/mol. The lowest BCUT2D eigenvalue weighted by Gasteiger charge is -2.23. The SMILES string of the molecule is CCCN(CCO)c1ccc(C(=O)c2ccccc2O)c(O)c1. The van der Waals surface area contributed by atoms with Gasteiger partial charge in [0.15, 0.2) is 5.78 Å². The van der Waals surface area contributed by atoms with Crippen molar-refractivity contribution in [3.05, 3.63) is 53.6 Å². The molecule has 0 fully saturated rings. The highest BCUT2D eigenvalue weighted by Gasteiger charge is 2.18. The van der Waals surface area contributed by atoms with Crippen LogP contribution in [-0.4, -0.2) is 40.8 Å². The normalized spacial score (nSPS) is 10.5. The maximum absolute atomic E-state index is 12.4. The van der Waals surface area contributed by atoms with Gasteiger partial charge in [-0.3, -0.25) is 4.79 Å². The Labute approximate surface area is 135 Å². The Kier molecular flexibility index (Phi) is 5.60. The molecule has 0 spiro atoms. The molecule has 0 aromatic heterocycles. The van der Waals surface area contributed by atoms with Gasteiger partial charge in [0.2, 0.25) is 0 Å².